The van der Waals surface area contributed by atoms with Crippen LogP contribution in [-0.4, -0.2) is 35.2 Å². The van der Waals surface area contributed by atoms with Crippen LogP contribution in [0.15, 0.2) is 36.9 Å². The third kappa shape index (κ3) is 5.12. The van der Waals surface area contributed by atoms with Crippen LogP contribution in [-0.2, 0) is 22.5 Å². The highest BCUT2D eigenvalue weighted by Crippen LogP contribution is 2.39. The number of esters is 1. The van der Waals surface area contributed by atoms with E-state index in [1.165, 1.54) is 36.1 Å². The second kappa shape index (κ2) is 9.58. The van der Waals surface area contributed by atoms with E-state index in [1.54, 1.807) is 0 Å². The maximum atomic E-state index is 12.0. The van der Waals surface area contributed by atoms with E-state index >= 15 is 0 Å². The van der Waals surface area contributed by atoms with Crippen molar-refractivity contribution in [1.29, 1.82) is 0 Å². The first-order valence-electron chi connectivity index (χ1n) is 10.2. The predicted octanol–water partition coefficient (Wildman–Crippen LogP) is 4.17. The molecule has 27 heavy (non-hydrogen) atoms. The Bertz CT molecular complexity index is 727. The highest BCUT2D eigenvalue weighted by atomic mass is 16.5. The maximum absolute atomic E-state index is 12.0. The molecule has 1 atom stereocenters. The molecule has 146 valence electrons. The van der Waals surface area contributed by atoms with Crippen molar-refractivity contribution in [3.63, 3.8) is 0 Å². The minimum atomic E-state index is -0.147. The van der Waals surface area contributed by atoms with Gasteiger partial charge in [-0.1, -0.05) is 31.9 Å². The Morgan fingerprint density at radius 1 is 1.30 bits per heavy atom. The number of carbonyl (C=O) groups excluding carboxylic acids is 1. The summed E-state index contributed by atoms with van der Waals surface area (Å²) in [6.45, 7) is 6.67. The normalized spacial score (nSPS) is 15.8. The molecule has 1 aromatic heterocycles. The zero-order valence-electron chi connectivity index (χ0n) is 16.6. The van der Waals surface area contributed by atoms with Crippen LogP contribution in [0.1, 0.15) is 56.6 Å². The minimum absolute atomic E-state index is 0.147. The summed E-state index contributed by atoms with van der Waals surface area (Å²) in [5, 5.41) is 0. The predicted molar refractivity (Wildman–Crippen MR) is 108 cm³/mol. The van der Waals surface area contributed by atoms with Gasteiger partial charge in [0, 0.05) is 37.1 Å². The topological polar surface area (TPSA) is 47.4 Å². The van der Waals surface area contributed by atoms with Crippen LogP contribution in [0.25, 0.3) is 0 Å². The SMILES string of the molecule is CCCCCc1ccc2c(c1)C(CCn1ccnc1)CN2CC(=O)OCC. The monoisotopic (exact) mass is 369 g/mol. The van der Waals surface area contributed by atoms with Gasteiger partial charge in [0.25, 0.3) is 0 Å². The van der Waals surface area contributed by atoms with Crippen molar-refractivity contribution in [1.82, 2.24) is 9.55 Å². The Balaban J connectivity index is 1.74. The molecule has 2 aromatic rings. The number of anilines is 1. The Morgan fingerprint density at radius 2 is 2.19 bits per heavy atom. The summed E-state index contributed by atoms with van der Waals surface area (Å²) in [5.74, 6) is 0.286. The van der Waals surface area contributed by atoms with Gasteiger partial charge in [-0.15, -0.1) is 0 Å². The van der Waals surface area contributed by atoms with E-state index in [0.717, 1.165) is 25.9 Å². The average Bonchev–Trinajstić information content (AvgIpc) is 3.29. The molecule has 1 aromatic carbocycles. The number of imidazole rings is 1. The summed E-state index contributed by atoms with van der Waals surface area (Å²) in [5.41, 5.74) is 3.99. The van der Waals surface area contributed by atoms with Gasteiger partial charge in [0.1, 0.15) is 6.54 Å². The quantitative estimate of drug-likeness (QED) is 0.466. The molecule has 0 N–H and O–H groups in total. The third-order valence-corrected chi connectivity index (χ3v) is 5.30. The van der Waals surface area contributed by atoms with Gasteiger partial charge in [0.2, 0.25) is 0 Å². The van der Waals surface area contributed by atoms with E-state index in [0.29, 0.717) is 19.1 Å². The molecule has 2 heterocycles. The van der Waals surface area contributed by atoms with Crippen LogP contribution < -0.4 is 4.90 Å². The first kappa shape index (κ1) is 19.5. The molecule has 1 aliphatic heterocycles. The van der Waals surface area contributed by atoms with Crippen molar-refractivity contribution < 1.29 is 9.53 Å². The fourth-order valence-electron chi connectivity index (χ4n) is 3.90. The van der Waals surface area contributed by atoms with Crippen LogP contribution >= 0.6 is 0 Å². The standard InChI is InChI=1S/C22H31N3O2/c1-3-5-6-7-18-8-9-21-20(14-18)19(10-12-24-13-11-23-17-24)15-25(21)16-22(26)27-4-2/h8-9,11,13-14,17,19H,3-7,10,12,15-16H2,1-2H3. The van der Waals surface area contributed by atoms with E-state index in [1.807, 2.05) is 25.6 Å². The van der Waals surface area contributed by atoms with Gasteiger partial charge in [-0.2, -0.15) is 0 Å². The molecule has 0 saturated carbocycles. The fourth-order valence-corrected chi connectivity index (χ4v) is 3.90. The summed E-state index contributed by atoms with van der Waals surface area (Å²) in [4.78, 5) is 18.3. The minimum Gasteiger partial charge on any atom is -0.465 e. The molecule has 0 radical (unpaired) electrons. The second-order valence-corrected chi connectivity index (χ2v) is 7.32. The Kier molecular flexibility index (Phi) is 6.91. The summed E-state index contributed by atoms with van der Waals surface area (Å²) in [6.07, 6.45) is 11.6. The molecule has 0 amide bonds. The zero-order chi connectivity index (χ0) is 19.1. The summed E-state index contributed by atoms with van der Waals surface area (Å²) in [7, 11) is 0. The first-order chi connectivity index (χ1) is 13.2. The van der Waals surface area contributed by atoms with Gasteiger partial charge in [-0.25, -0.2) is 4.98 Å². The highest BCUT2D eigenvalue weighted by molar-refractivity contribution is 5.77. The number of hydrogen-bond donors (Lipinski definition) is 0. The number of fused-ring (bicyclic) bond motifs is 1. The third-order valence-electron chi connectivity index (χ3n) is 5.30. The number of unbranched alkanes of at least 4 members (excludes halogenated alkanes) is 2. The summed E-state index contributed by atoms with van der Waals surface area (Å²) >= 11 is 0. The number of ether oxygens (including phenoxy) is 1. The maximum Gasteiger partial charge on any atom is 0.325 e. The smallest absolute Gasteiger partial charge is 0.325 e. The Morgan fingerprint density at radius 3 is 2.93 bits per heavy atom. The van der Waals surface area contributed by atoms with Crippen molar-refractivity contribution in [2.24, 2.45) is 0 Å². The lowest BCUT2D eigenvalue weighted by molar-refractivity contribution is -0.141. The molecule has 5 nitrogen and oxygen atoms in total. The van der Waals surface area contributed by atoms with Crippen LogP contribution in [0.3, 0.4) is 0 Å². The molecule has 1 aliphatic rings. The highest BCUT2D eigenvalue weighted by Gasteiger charge is 2.30. The number of rotatable bonds is 10. The van der Waals surface area contributed by atoms with Crippen LogP contribution in [0.4, 0.5) is 5.69 Å². The molecule has 0 aliphatic carbocycles. The van der Waals surface area contributed by atoms with E-state index in [-0.39, 0.29) is 5.97 Å². The van der Waals surface area contributed by atoms with E-state index in [2.05, 4.69) is 39.6 Å². The molecule has 0 bridgehead atoms. The zero-order valence-corrected chi connectivity index (χ0v) is 16.6. The number of aromatic nitrogens is 2. The number of carbonyl (C=O) groups is 1. The van der Waals surface area contributed by atoms with Gasteiger partial charge in [-0.3, -0.25) is 4.79 Å². The van der Waals surface area contributed by atoms with Crippen LogP contribution in [0, 0.1) is 0 Å². The van der Waals surface area contributed by atoms with Gasteiger partial charge in [-0.05, 0) is 43.4 Å². The van der Waals surface area contributed by atoms with E-state index in [4.69, 9.17) is 4.74 Å². The van der Waals surface area contributed by atoms with Crippen molar-refractivity contribution in [3.05, 3.63) is 48.0 Å². The average molecular weight is 370 g/mol. The molecule has 0 saturated heterocycles. The largest absolute Gasteiger partial charge is 0.465 e. The molecular formula is C22H31N3O2. The van der Waals surface area contributed by atoms with Gasteiger partial charge >= 0.3 is 5.97 Å². The number of aryl methyl sites for hydroxylation is 2. The van der Waals surface area contributed by atoms with Crippen molar-refractivity contribution in [2.75, 3.05) is 24.6 Å². The second-order valence-electron chi connectivity index (χ2n) is 7.32. The van der Waals surface area contributed by atoms with Crippen LogP contribution in [0.2, 0.25) is 0 Å². The van der Waals surface area contributed by atoms with E-state index in [9.17, 15) is 4.79 Å². The van der Waals surface area contributed by atoms with Gasteiger partial charge in [0.05, 0.1) is 12.9 Å². The van der Waals surface area contributed by atoms with Crippen LogP contribution in [0.5, 0.6) is 0 Å². The molecule has 5 heteroatoms. The number of benzene rings is 1. The van der Waals surface area contributed by atoms with E-state index < -0.39 is 0 Å². The first-order valence-corrected chi connectivity index (χ1v) is 10.2. The number of nitrogens with zero attached hydrogens (tertiary/aromatic N) is 3. The summed E-state index contributed by atoms with van der Waals surface area (Å²) in [6, 6.07) is 6.80. The van der Waals surface area contributed by atoms with Crippen molar-refractivity contribution >= 4 is 11.7 Å². The van der Waals surface area contributed by atoms with Gasteiger partial charge in [0.15, 0.2) is 0 Å². The lowest BCUT2D eigenvalue weighted by Gasteiger charge is -2.19. The molecule has 0 fully saturated rings. The molecule has 0 spiro atoms. The Labute approximate surface area is 162 Å². The molecule has 1 unspecified atom stereocenters. The molecule has 3 rings (SSSR count). The fraction of sp³-hybridized carbons (Fsp3) is 0.545. The lowest BCUT2D eigenvalue weighted by Crippen LogP contribution is -2.30. The number of hydrogen-bond acceptors (Lipinski definition) is 4. The molecular weight excluding hydrogens is 338 g/mol. The lowest BCUT2D eigenvalue weighted by atomic mass is 9.94. The Hall–Kier alpha value is -2.30. The van der Waals surface area contributed by atoms with Gasteiger partial charge < -0.3 is 14.2 Å². The van der Waals surface area contributed by atoms with Crippen molar-refractivity contribution in [3.8, 4) is 0 Å². The summed E-state index contributed by atoms with van der Waals surface area (Å²) < 4.78 is 7.29. The van der Waals surface area contributed by atoms with Crippen molar-refractivity contribution in [2.45, 2.75) is 58.4 Å².